The van der Waals surface area contributed by atoms with Crippen LogP contribution >= 0.6 is 0 Å². The number of carbonyl (C=O) groups is 2. The van der Waals surface area contributed by atoms with E-state index in [2.05, 4.69) is 15.6 Å². The predicted octanol–water partition coefficient (Wildman–Crippen LogP) is 1.38. The van der Waals surface area contributed by atoms with Gasteiger partial charge in [-0.3, -0.25) is 14.6 Å². The SMILES string of the molecule is O=C(NCc1cccnc1)C1CC1C(=O)NCc1ccc2c(c1)OCO2. The summed E-state index contributed by atoms with van der Waals surface area (Å²) in [5, 5.41) is 5.74. The summed E-state index contributed by atoms with van der Waals surface area (Å²) >= 11 is 0. The Labute approximate surface area is 150 Å². The van der Waals surface area contributed by atoms with Gasteiger partial charge in [-0.15, -0.1) is 0 Å². The second-order valence-electron chi connectivity index (χ2n) is 6.43. The van der Waals surface area contributed by atoms with Crippen LogP contribution in [0.25, 0.3) is 0 Å². The van der Waals surface area contributed by atoms with Gasteiger partial charge < -0.3 is 20.1 Å². The quantitative estimate of drug-likeness (QED) is 0.819. The number of fused-ring (bicyclic) bond motifs is 1. The molecule has 7 nitrogen and oxygen atoms in total. The lowest BCUT2D eigenvalue weighted by Gasteiger charge is -2.07. The zero-order valence-corrected chi connectivity index (χ0v) is 14.1. The lowest BCUT2D eigenvalue weighted by Crippen LogP contribution is -2.29. The molecule has 1 aromatic heterocycles. The molecule has 2 atom stereocenters. The van der Waals surface area contributed by atoms with Crippen molar-refractivity contribution >= 4 is 11.8 Å². The Morgan fingerprint density at radius 3 is 2.46 bits per heavy atom. The normalized spacial score (nSPS) is 19.7. The Bertz CT molecular complexity index is 825. The molecule has 0 bridgehead atoms. The number of carbonyl (C=O) groups excluding carboxylic acids is 2. The third-order valence-electron chi connectivity index (χ3n) is 4.56. The van der Waals surface area contributed by atoms with E-state index in [-0.39, 0.29) is 30.4 Å². The largest absolute Gasteiger partial charge is 0.454 e. The van der Waals surface area contributed by atoms with E-state index in [1.54, 1.807) is 12.4 Å². The van der Waals surface area contributed by atoms with Gasteiger partial charge in [0, 0.05) is 25.5 Å². The fraction of sp³-hybridized carbons (Fsp3) is 0.316. The molecule has 1 aromatic carbocycles. The van der Waals surface area contributed by atoms with Crippen molar-refractivity contribution in [1.29, 1.82) is 0 Å². The molecule has 7 heteroatoms. The van der Waals surface area contributed by atoms with Crippen LogP contribution in [0.1, 0.15) is 17.5 Å². The molecule has 0 spiro atoms. The van der Waals surface area contributed by atoms with Crippen LogP contribution < -0.4 is 20.1 Å². The van der Waals surface area contributed by atoms with Crippen molar-refractivity contribution in [1.82, 2.24) is 15.6 Å². The van der Waals surface area contributed by atoms with E-state index in [9.17, 15) is 9.59 Å². The van der Waals surface area contributed by atoms with Crippen molar-refractivity contribution in [3.63, 3.8) is 0 Å². The van der Waals surface area contributed by atoms with Crippen LogP contribution in [0, 0.1) is 11.8 Å². The van der Waals surface area contributed by atoms with Crippen LogP contribution in [0.4, 0.5) is 0 Å². The molecule has 2 aromatic rings. The van der Waals surface area contributed by atoms with Gasteiger partial charge in [0.1, 0.15) is 0 Å². The van der Waals surface area contributed by atoms with E-state index in [4.69, 9.17) is 9.47 Å². The molecule has 2 N–H and O–H groups in total. The number of benzene rings is 1. The van der Waals surface area contributed by atoms with Crippen LogP contribution in [-0.4, -0.2) is 23.6 Å². The fourth-order valence-electron chi connectivity index (χ4n) is 2.97. The number of hydrogen-bond donors (Lipinski definition) is 2. The van der Waals surface area contributed by atoms with Crippen LogP contribution in [0.3, 0.4) is 0 Å². The summed E-state index contributed by atoms with van der Waals surface area (Å²) in [6, 6.07) is 9.29. The molecule has 0 saturated heterocycles. The van der Waals surface area contributed by atoms with Crippen LogP contribution in [0.5, 0.6) is 11.5 Å². The van der Waals surface area contributed by atoms with E-state index < -0.39 is 0 Å². The maximum Gasteiger partial charge on any atom is 0.231 e. The van der Waals surface area contributed by atoms with Crippen molar-refractivity contribution in [3.8, 4) is 11.5 Å². The fourth-order valence-corrected chi connectivity index (χ4v) is 2.97. The number of ether oxygens (including phenoxy) is 2. The third-order valence-corrected chi connectivity index (χ3v) is 4.56. The van der Waals surface area contributed by atoms with Gasteiger partial charge in [0.05, 0.1) is 11.8 Å². The average molecular weight is 353 g/mol. The van der Waals surface area contributed by atoms with Gasteiger partial charge in [-0.05, 0) is 35.7 Å². The number of nitrogens with one attached hydrogen (secondary N) is 2. The topological polar surface area (TPSA) is 89.6 Å². The van der Waals surface area contributed by atoms with Crippen LogP contribution in [0.2, 0.25) is 0 Å². The summed E-state index contributed by atoms with van der Waals surface area (Å²) in [6.07, 6.45) is 3.99. The number of amides is 2. The van der Waals surface area contributed by atoms with Gasteiger partial charge in [0.25, 0.3) is 0 Å². The predicted molar refractivity (Wildman–Crippen MR) is 92.1 cm³/mol. The summed E-state index contributed by atoms with van der Waals surface area (Å²) in [5.41, 5.74) is 1.87. The molecule has 2 aliphatic rings. The minimum atomic E-state index is -0.252. The lowest BCUT2D eigenvalue weighted by atomic mass is 10.2. The average Bonchev–Trinajstić information content (AvgIpc) is 3.35. The monoisotopic (exact) mass is 353 g/mol. The highest BCUT2D eigenvalue weighted by Gasteiger charge is 2.47. The van der Waals surface area contributed by atoms with Gasteiger partial charge >= 0.3 is 0 Å². The van der Waals surface area contributed by atoms with Crippen molar-refractivity contribution in [2.75, 3.05) is 6.79 Å². The highest BCUT2D eigenvalue weighted by atomic mass is 16.7. The molecule has 2 amide bonds. The van der Waals surface area contributed by atoms with Crippen molar-refractivity contribution in [2.24, 2.45) is 11.8 Å². The minimum Gasteiger partial charge on any atom is -0.454 e. The van der Waals surface area contributed by atoms with E-state index in [0.717, 1.165) is 11.1 Å². The van der Waals surface area contributed by atoms with E-state index in [1.807, 2.05) is 30.3 Å². The number of hydrogen-bond acceptors (Lipinski definition) is 5. The Morgan fingerprint density at radius 2 is 1.73 bits per heavy atom. The zero-order chi connectivity index (χ0) is 17.9. The van der Waals surface area contributed by atoms with Gasteiger partial charge in [-0.2, -0.15) is 0 Å². The van der Waals surface area contributed by atoms with Gasteiger partial charge in [-0.1, -0.05) is 12.1 Å². The molecule has 1 saturated carbocycles. The van der Waals surface area contributed by atoms with E-state index in [0.29, 0.717) is 31.0 Å². The van der Waals surface area contributed by atoms with E-state index in [1.165, 1.54) is 0 Å². The van der Waals surface area contributed by atoms with Gasteiger partial charge in [0.15, 0.2) is 11.5 Å². The standard InChI is InChI=1S/C19H19N3O4/c23-18(21-9-12-3-4-16-17(6-12)26-11-25-16)14-7-15(14)19(24)22-10-13-2-1-5-20-8-13/h1-6,8,14-15H,7,9-11H2,(H,21,23)(H,22,24). The molecule has 134 valence electrons. The number of rotatable bonds is 6. The highest BCUT2D eigenvalue weighted by molar-refractivity contribution is 5.92. The van der Waals surface area contributed by atoms with Crippen molar-refractivity contribution in [2.45, 2.75) is 19.5 Å². The van der Waals surface area contributed by atoms with E-state index >= 15 is 0 Å². The molecule has 1 aliphatic carbocycles. The third kappa shape index (κ3) is 3.61. The lowest BCUT2D eigenvalue weighted by molar-refractivity contribution is -0.127. The summed E-state index contributed by atoms with van der Waals surface area (Å²) in [5.74, 6) is 0.728. The second kappa shape index (κ2) is 7.03. The summed E-state index contributed by atoms with van der Waals surface area (Å²) < 4.78 is 10.6. The summed E-state index contributed by atoms with van der Waals surface area (Å²) in [4.78, 5) is 28.4. The Hall–Kier alpha value is -3.09. The van der Waals surface area contributed by atoms with Gasteiger partial charge in [-0.25, -0.2) is 0 Å². The highest BCUT2D eigenvalue weighted by Crippen LogP contribution is 2.39. The number of aromatic nitrogens is 1. The summed E-state index contributed by atoms with van der Waals surface area (Å²) in [6.45, 7) is 1.05. The molecule has 26 heavy (non-hydrogen) atoms. The zero-order valence-electron chi connectivity index (χ0n) is 14.1. The molecule has 1 aliphatic heterocycles. The van der Waals surface area contributed by atoms with Crippen molar-refractivity contribution < 1.29 is 19.1 Å². The van der Waals surface area contributed by atoms with Crippen molar-refractivity contribution in [3.05, 3.63) is 53.9 Å². The first-order chi connectivity index (χ1) is 12.7. The smallest absolute Gasteiger partial charge is 0.231 e. The molecule has 4 rings (SSSR count). The van der Waals surface area contributed by atoms with Crippen LogP contribution in [-0.2, 0) is 22.7 Å². The molecule has 0 radical (unpaired) electrons. The molecule has 2 unspecified atom stereocenters. The molecular weight excluding hydrogens is 334 g/mol. The summed E-state index contributed by atoms with van der Waals surface area (Å²) in [7, 11) is 0. The van der Waals surface area contributed by atoms with Crippen LogP contribution in [0.15, 0.2) is 42.7 Å². The minimum absolute atomic E-state index is 0.0860. The molecule has 1 fully saturated rings. The van der Waals surface area contributed by atoms with Gasteiger partial charge in [0.2, 0.25) is 18.6 Å². The first kappa shape index (κ1) is 16.4. The maximum absolute atomic E-state index is 12.2. The first-order valence-corrected chi connectivity index (χ1v) is 8.53. The first-order valence-electron chi connectivity index (χ1n) is 8.53. The Kier molecular flexibility index (Phi) is 4.43. The molecule has 2 heterocycles. The second-order valence-corrected chi connectivity index (χ2v) is 6.43. The maximum atomic E-state index is 12.2. The number of nitrogens with zero attached hydrogens (tertiary/aromatic N) is 1. The Balaban J connectivity index is 1.23. The molecular formula is C19H19N3O4. The Morgan fingerprint density at radius 1 is 1.00 bits per heavy atom. The number of pyridine rings is 1.